The molecular formula is C12H15BrFNO2. The van der Waals surface area contributed by atoms with Crippen molar-refractivity contribution in [3.8, 4) is 0 Å². The number of hydrogen-bond acceptors (Lipinski definition) is 2. The lowest BCUT2D eigenvalue weighted by molar-refractivity contribution is -0.140. The number of rotatable bonds is 5. The van der Waals surface area contributed by atoms with Crippen LogP contribution in [0.25, 0.3) is 0 Å². The minimum Gasteiger partial charge on any atom is -0.480 e. The van der Waals surface area contributed by atoms with Crippen LogP contribution >= 0.6 is 15.9 Å². The van der Waals surface area contributed by atoms with Crippen molar-refractivity contribution in [3.63, 3.8) is 0 Å². The van der Waals surface area contributed by atoms with Crippen LogP contribution in [0.5, 0.6) is 0 Å². The molecule has 0 unspecified atom stereocenters. The summed E-state index contributed by atoms with van der Waals surface area (Å²) in [4.78, 5) is 11.0. The van der Waals surface area contributed by atoms with Gasteiger partial charge in [-0.25, -0.2) is 4.39 Å². The molecule has 3 nitrogen and oxygen atoms in total. The second kappa shape index (κ2) is 6.12. The second-order valence-corrected chi connectivity index (χ2v) is 5.04. The number of carboxylic acid groups (broad SMARTS) is 1. The van der Waals surface area contributed by atoms with Gasteiger partial charge in [0.1, 0.15) is 11.9 Å². The predicted molar refractivity (Wildman–Crippen MR) is 67.2 cm³/mol. The first kappa shape index (κ1) is 14.1. The number of benzene rings is 1. The SMILES string of the molecule is CC(C)[C@H](NCc1ccc(F)c(Br)c1)C(=O)O. The predicted octanol–water partition coefficient (Wildman–Crippen LogP) is 2.79. The molecule has 0 aliphatic heterocycles. The Bertz CT molecular complexity index is 409. The maximum Gasteiger partial charge on any atom is 0.320 e. The number of halogens is 2. The van der Waals surface area contributed by atoms with Gasteiger partial charge in [0.2, 0.25) is 0 Å². The maximum atomic E-state index is 13.0. The highest BCUT2D eigenvalue weighted by molar-refractivity contribution is 9.10. The summed E-state index contributed by atoms with van der Waals surface area (Å²) in [6.07, 6.45) is 0. The number of nitrogens with one attached hydrogen (secondary N) is 1. The molecule has 1 atom stereocenters. The quantitative estimate of drug-likeness (QED) is 0.879. The van der Waals surface area contributed by atoms with Crippen molar-refractivity contribution in [1.82, 2.24) is 5.32 Å². The molecule has 0 aliphatic carbocycles. The summed E-state index contributed by atoms with van der Waals surface area (Å²) in [7, 11) is 0. The summed E-state index contributed by atoms with van der Waals surface area (Å²) >= 11 is 3.09. The van der Waals surface area contributed by atoms with Crippen LogP contribution in [0.4, 0.5) is 4.39 Å². The number of carbonyl (C=O) groups is 1. The van der Waals surface area contributed by atoms with E-state index in [0.717, 1.165) is 5.56 Å². The summed E-state index contributed by atoms with van der Waals surface area (Å²) in [5.41, 5.74) is 0.838. The second-order valence-electron chi connectivity index (χ2n) is 4.19. The maximum absolute atomic E-state index is 13.0. The van der Waals surface area contributed by atoms with Gasteiger partial charge in [0.25, 0.3) is 0 Å². The fraction of sp³-hybridized carbons (Fsp3) is 0.417. The van der Waals surface area contributed by atoms with Crippen LogP contribution in [-0.2, 0) is 11.3 Å². The lowest BCUT2D eigenvalue weighted by Gasteiger charge is -2.18. The summed E-state index contributed by atoms with van der Waals surface area (Å²) in [6.45, 7) is 4.08. The molecule has 0 aliphatic rings. The van der Waals surface area contributed by atoms with E-state index in [2.05, 4.69) is 21.2 Å². The van der Waals surface area contributed by atoms with Crippen molar-refractivity contribution >= 4 is 21.9 Å². The Kier molecular flexibility index (Phi) is 5.08. The van der Waals surface area contributed by atoms with E-state index in [1.807, 2.05) is 13.8 Å². The Hall–Kier alpha value is -0.940. The van der Waals surface area contributed by atoms with Crippen molar-refractivity contribution in [1.29, 1.82) is 0 Å². The molecule has 0 aromatic heterocycles. The molecule has 0 radical (unpaired) electrons. The molecule has 1 aromatic carbocycles. The zero-order valence-corrected chi connectivity index (χ0v) is 11.3. The minimum absolute atomic E-state index is 0.00334. The lowest BCUT2D eigenvalue weighted by atomic mass is 10.0. The standard InChI is InChI=1S/C12H15BrFNO2/c1-7(2)11(12(16)17)15-6-8-3-4-10(14)9(13)5-8/h3-5,7,11,15H,6H2,1-2H3,(H,16,17)/t11-/m0/s1. The van der Waals surface area contributed by atoms with Crippen molar-refractivity contribution in [2.45, 2.75) is 26.4 Å². The van der Waals surface area contributed by atoms with Crippen molar-refractivity contribution in [2.24, 2.45) is 5.92 Å². The van der Waals surface area contributed by atoms with Crippen molar-refractivity contribution < 1.29 is 14.3 Å². The first-order chi connectivity index (χ1) is 7.91. The fourth-order valence-electron chi connectivity index (χ4n) is 1.49. The largest absolute Gasteiger partial charge is 0.480 e. The Morgan fingerprint density at radius 2 is 2.18 bits per heavy atom. The number of hydrogen-bond donors (Lipinski definition) is 2. The fourth-order valence-corrected chi connectivity index (χ4v) is 1.91. The topological polar surface area (TPSA) is 49.3 Å². The lowest BCUT2D eigenvalue weighted by Crippen LogP contribution is -2.40. The zero-order valence-electron chi connectivity index (χ0n) is 9.71. The first-order valence-corrected chi connectivity index (χ1v) is 6.11. The van der Waals surface area contributed by atoms with E-state index in [4.69, 9.17) is 5.11 Å². The Labute approximate surface area is 108 Å². The van der Waals surface area contributed by atoms with E-state index in [-0.39, 0.29) is 11.7 Å². The highest BCUT2D eigenvalue weighted by atomic mass is 79.9. The van der Waals surface area contributed by atoms with Crippen LogP contribution in [0.3, 0.4) is 0 Å². The van der Waals surface area contributed by atoms with E-state index in [0.29, 0.717) is 11.0 Å². The molecule has 5 heteroatoms. The summed E-state index contributed by atoms with van der Waals surface area (Å²) < 4.78 is 13.4. The van der Waals surface area contributed by atoms with Gasteiger partial charge in [-0.15, -0.1) is 0 Å². The third-order valence-corrected chi connectivity index (χ3v) is 3.05. The van der Waals surface area contributed by atoms with Gasteiger partial charge in [0, 0.05) is 6.54 Å². The number of aliphatic carboxylic acids is 1. The molecule has 0 spiro atoms. The van der Waals surface area contributed by atoms with Crippen LogP contribution in [-0.4, -0.2) is 17.1 Å². The van der Waals surface area contributed by atoms with E-state index in [1.54, 1.807) is 12.1 Å². The molecule has 1 rings (SSSR count). The molecule has 0 fully saturated rings. The molecule has 17 heavy (non-hydrogen) atoms. The van der Waals surface area contributed by atoms with Gasteiger partial charge in [0.05, 0.1) is 4.47 Å². The molecule has 2 N–H and O–H groups in total. The third kappa shape index (κ3) is 4.09. The van der Waals surface area contributed by atoms with Gasteiger partial charge < -0.3 is 10.4 Å². The summed E-state index contributed by atoms with van der Waals surface area (Å²) in [5, 5.41) is 11.9. The average molecular weight is 304 g/mol. The van der Waals surface area contributed by atoms with E-state index in [1.165, 1.54) is 6.07 Å². The molecule has 0 heterocycles. The smallest absolute Gasteiger partial charge is 0.320 e. The van der Waals surface area contributed by atoms with Crippen molar-refractivity contribution in [3.05, 3.63) is 34.1 Å². The van der Waals surface area contributed by atoms with Crippen molar-refractivity contribution in [2.75, 3.05) is 0 Å². The highest BCUT2D eigenvalue weighted by Crippen LogP contribution is 2.17. The normalized spacial score (nSPS) is 12.8. The molecular weight excluding hydrogens is 289 g/mol. The Morgan fingerprint density at radius 1 is 1.53 bits per heavy atom. The van der Waals surface area contributed by atoms with E-state index < -0.39 is 12.0 Å². The molecule has 94 valence electrons. The van der Waals surface area contributed by atoms with Crippen LogP contribution in [0.2, 0.25) is 0 Å². The van der Waals surface area contributed by atoms with Gasteiger partial charge in [-0.05, 0) is 39.5 Å². The third-order valence-electron chi connectivity index (χ3n) is 2.44. The van der Waals surface area contributed by atoms with E-state index in [9.17, 15) is 9.18 Å². The zero-order chi connectivity index (χ0) is 13.0. The van der Waals surface area contributed by atoms with Gasteiger partial charge >= 0.3 is 5.97 Å². The molecule has 0 saturated carbocycles. The van der Waals surface area contributed by atoms with Gasteiger partial charge in [-0.2, -0.15) is 0 Å². The van der Waals surface area contributed by atoms with Gasteiger partial charge in [-0.1, -0.05) is 19.9 Å². The van der Waals surface area contributed by atoms with Gasteiger partial charge in [0.15, 0.2) is 0 Å². The monoisotopic (exact) mass is 303 g/mol. The van der Waals surface area contributed by atoms with Crippen LogP contribution < -0.4 is 5.32 Å². The molecule has 1 aromatic rings. The molecule has 0 amide bonds. The average Bonchev–Trinajstić information content (AvgIpc) is 2.22. The first-order valence-electron chi connectivity index (χ1n) is 5.32. The van der Waals surface area contributed by atoms with Gasteiger partial charge in [-0.3, -0.25) is 4.79 Å². The highest BCUT2D eigenvalue weighted by Gasteiger charge is 2.20. The number of carboxylic acids is 1. The minimum atomic E-state index is -0.874. The summed E-state index contributed by atoms with van der Waals surface area (Å²) in [5.74, 6) is -1.20. The van der Waals surface area contributed by atoms with E-state index >= 15 is 0 Å². The van der Waals surface area contributed by atoms with Crippen LogP contribution in [0.15, 0.2) is 22.7 Å². The Morgan fingerprint density at radius 3 is 2.65 bits per heavy atom. The molecule has 0 saturated heterocycles. The van der Waals surface area contributed by atoms with Crippen LogP contribution in [0, 0.1) is 11.7 Å². The Balaban J connectivity index is 2.65. The van der Waals surface area contributed by atoms with Crippen LogP contribution in [0.1, 0.15) is 19.4 Å². The molecule has 0 bridgehead atoms. The summed E-state index contributed by atoms with van der Waals surface area (Å²) in [6, 6.07) is 4.03.